The van der Waals surface area contributed by atoms with E-state index in [0.29, 0.717) is 0 Å². The Morgan fingerprint density at radius 1 is 1.30 bits per heavy atom. The highest BCUT2D eigenvalue weighted by Gasteiger charge is 2.43. The summed E-state index contributed by atoms with van der Waals surface area (Å²) < 4.78 is 6.15. The van der Waals surface area contributed by atoms with Crippen LogP contribution in [0.25, 0.3) is 0 Å². The molecule has 0 bridgehead atoms. The quantitative estimate of drug-likeness (QED) is 0.886. The molecule has 0 saturated carbocycles. The number of aliphatic hydroxyl groups excluding tert-OH is 1. The summed E-state index contributed by atoms with van der Waals surface area (Å²) in [6, 6.07) is 7.89. The standard InChI is InChI=1S/C22H32N2O3/c1-17-4-2-5-18(12-17)21(26)24-10-7-22(8-11-24)13-20(27-16-22)15-23-9-3-6-19(25)14-23/h2,4-5,12,19-20,25H,3,6-11,13-16H2,1H3. The molecule has 2 atom stereocenters. The number of rotatable bonds is 3. The topological polar surface area (TPSA) is 53.0 Å². The van der Waals surface area contributed by atoms with Crippen molar-refractivity contribution in [3.63, 3.8) is 0 Å². The van der Waals surface area contributed by atoms with Crippen LogP contribution in [0.3, 0.4) is 0 Å². The van der Waals surface area contributed by atoms with Crippen molar-refractivity contribution in [3.05, 3.63) is 35.4 Å². The van der Waals surface area contributed by atoms with E-state index in [4.69, 9.17) is 4.74 Å². The number of hydrogen-bond donors (Lipinski definition) is 1. The van der Waals surface area contributed by atoms with Gasteiger partial charge in [-0.2, -0.15) is 0 Å². The van der Waals surface area contributed by atoms with Crippen LogP contribution in [0.15, 0.2) is 24.3 Å². The minimum Gasteiger partial charge on any atom is -0.392 e. The van der Waals surface area contributed by atoms with Gasteiger partial charge in [0.2, 0.25) is 0 Å². The molecule has 4 rings (SSSR count). The summed E-state index contributed by atoms with van der Waals surface area (Å²) in [6.07, 6.45) is 5.25. The van der Waals surface area contributed by atoms with Gasteiger partial charge in [0.1, 0.15) is 0 Å². The number of aryl methyl sites for hydroxylation is 1. The predicted octanol–water partition coefficient (Wildman–Crippen LogP) is 2.46. The number of hydrogen-bond acceptors (Lipinski definition) is 4. The Hall–Kier alpha value is -1.43. The van der Waals surface area contributed by atoms with Crippen LogP contribution in [0.4, 0.5) is 0 Å². The Labute approximate surface area is 162 Å². The van der Waals surface area contributed by atoms with E-state index in [1.54, 1.807) is 0 Å². The van der Waals surface area contributed by atoms with Gasteiger partial charge in [0.15, 0.2) is 0 Å². The zero-order valence-corrected chi connectivity index (χ0v) is 16.4. The normalized spacial score (nSPS) is 28.6. The zero-order valence-electron chi connectivity index (χ0n) is 16.4. The number of amides is 1. The number of carbonyl (C=O) groups excluding carboxylic acids is 1. The van der Waals surface area contributed by atoms with E-state index in [1.807, 2.05) is 36.1 Å². The van der Waals surface area contributed by atoms with Gasteiger partial charge in [-0.3, -0.25) is 9.69 Å². The molecule has 0 radical (unpaired) electrons. The number of benzene rings is 1. The molecule has 27 heavy (non-hydrogen) atoms. The molecule has 5 heteroatoms. The van der Waals surface area contributed by atoms with E-state index in [9.17, 15) is 9.90 Å². The molecule has 3 fully saturated rings. The van der Waals surface area contributed by atoms with Crippen LogP contribution >= 0.6 is 0 Å². The van der Waals surface area contributed by atoms with Crippen LogP contribution < -0.4 is 0 Å². The molecular weight excluding hydrogens is 340 g/mol. The molecular formula is C22H32N2O3. The Balaban J connectivity index is 1.29. The van der Waals surface area contributed by atoms with E-state index in [1.165, 1.54) is 0 Å². The molecule has 5 nitrogen and oxygen atoms in total. The summed E-state index contributed by atoms with van der Waals surface area (Å²) >= 11 is 0. The SMILES string of the molecule is Cc1cccc(C(=O)N2CCC3(CC2)COC(CN2CCCC(O)C2)C3)c1. The average Bonchev–Trinajstić information content (AvgIpc) is 3.04. The first-order valence-electron chi connectivity index (χ1n) is 10.4. The monoisotopic (exact) mass is 372 g/mol. The largest absolute Gasteiger partial charge is 0.392 e. The van der Waals surface area contributed by atoms with Crippen molar-refractivity contribution in [2.24, 2.45) is 5.41 Å². The molecule has 1 spiro atoms. The third kappa shape index (κ3) is 4.36. The number of carbonyl (C=O) groups is 1. The second kappa shape index (κ2) is 7.90. The fourth-order valence-corrected chi connectivity index (χ4v) is 4.99. The van der Waals surface area contributed by atoms with E-state index in [0.717, 1.165) is 82.6 Å². The average molecular weight is 373 g/mol. The van der Waals surface area contributed by atoms with Gasteiger partial charge in [-0.15, -0.1) is 0 Å². The van der Waals surface area contributed by atoms with Crippen molar-refractivity contribution in [1.29, 1.82) is 0 Å². The van der Waals surface area contributed by atoms with Gasteiger partial charge in [-0.1, -0.05) is 17.7 Å². The third-order valence-corrected chi connectivity index (χ3v) is 6.60. The number of piperidine rings is 2. The van der Waals surface area contributed by atoms with Crippen molar-refractivity contribution in [3.8, 4) is 0 Å². The molecule has 0 aliphatic carbocycles. The van der Waals surface area contributed by atoms with Crippen molar-refractivity contribution in [2.75, 3.05) is 39.3 Å². The van der Waals surface area contributed by atoms with E-state index < -0.39 is 0 Å². The summed E-state index contributed by atoms with van der Waals surface area (Å²) in [4.78, 5) is 17.1. The first-order chi connectivity index (χ1) is 13.0. The number of ether oxygens (including phenoxy) is 1. The molecule has 1 amide bonds. The maximum absolute atomic E-state index is 12.8. The van der Waals surface area contributed by atoms with Crippen molar-refractivity contribution in [1.82, 2.24) is 9.80 Å². The fraction of sp³-hybridized carbons (Fsp3) is 0.682. The van der Waals surface area contributed by atoms with E-state index >= 15 is 0 Å². The van der Waals surface area contributed by atoms with Crippen LogP contribution in [-0.4, -0.2) is 72.4 Å². The molecule has 3 saturated heterocycles. The lowest BCUT2D eigenvalue weighted by molar-refractivity contribution is 0.0227. The third-order valence-electron chi connectivity index (χ3n) is 6.60. The molecule has 148 valence electrons. The predicted molar refractivity (Wildman–Crippen MR) is 105 cm³/mol. The number of nitrogens with zero attached hydrogens (tertiary/aromatic N) is 2. The maximum Gasteiger partial charge on any atom is 0.253 e. The molecule has 1 aromatic rings. The van der Waals surface area contributed by atoms with Crippen LogP contribution in [0.2, 0.25) is 0 Å². The smallest absolute Gasteiger partial charge is 0.253 e. The minimum absolute atomic E-state index is 0.159. The molecule has 3 aliphatic heterocycles. The minimum atomic E-state index is -0.176. The van der Waals surface area contributed by atoms with Crippen LogP contribution in [-0.2, 0) is 4.74 Å². The molecule has 2 unspecified atom stereocenters. The van der Waals surface area contributed by atoms with Gasteiger partial charge >= 0.3 is 0 Å². The Kier molecular flexibility index (Phi) is 5.53. The van der Waals surface area contributed by atoms with Gasteiger partial charge in [0, 0.05) is 31.7 Å². The van der Waals surface area contributed by atoms with Gasteiger partial charge < -0.3 is 14.7 Å². The number of likely N-dealkylation sites (tertiary alicyclic amines) is 2. The zero-order chi connectivity index (χ0) is 18.9. The second-order valence-corrected chi connectivity index (χ2v) is 8.85. The van der Waals surface area contributed by atoms with Crippen LogP contribution in [0.5, 0.6) is 0 Å². The molecule has 1 N–H and O–H groups in total. The van der Waals surface area contributed by atoms with Crippen molar-refractivity contribution >= 4 is 5.91 Å². The first-order valence-corrected chi connectivity index (χ1v) is 10.4. The molecule has 0 aromatic heterocycles. The summed E-state index contributed by atoms with van der Waals surface area (Å²) in [5.41, 5.74) is 2.17. The van der Waals surface area contributed by atoms with Crippen molar-refractivity contribution < 1.29 is 14.6 Å². The first kappa shape index (κ1) is 18.9. The highest BCUT2D eigenvalue weighted by Crippen LogP contribution is 2.42. The summed E-state index contributed by atoms with van der Waals surface area (Å²) in [5, 5.41) is 9.87. The van der Waals surface area contributed by atoms with Gasteiger partial charge in [-0.25, -0.2) is 0 Å². The Morgan fingerprint density at radius 3 is 2.85 bits per heavy atom. The molecule has 3 heterocycles. The summed E-state index contributed by atoms with van der Waals surface area (Å²) in [7, 11) is 0. The van der Waals surface area contributed by atoms with Crippen LogP contribution in [0, 0.1) is 12.3 Å². The Bertz CT molecular complexity index is 669. The Morgan fingerprint density at radius 2 is 2.11 bits per heavy atom. The van der Waals surface area contributed by atoms with E-state index in [-0.39, 0.29) is 23.5 Å². The van der Waals surface area contributed by atoms with Gasteiger partial charge in [0.05, 0.1) is 18.8 Å². The fourth-order valence-electron chi connectivity index (χ4n) is 4.99. The highest BCUT2D eigenvalue weighted by atomic mass is 16.5. The lowest BCUT2D eigenvalue weighted by atomic mass is 9.76. The molecule has 3 aliphatic rings. The number of β-amino-alcohol motifs (C(OH)–C–C–N with tert-alkyl or cyclic N) is 1. The van der Waals surface area contributed by atoms with E-state index in [2.05, 4.69) is 4.90 Å². The van der Waals surface area contributed by atoms with Crippen molar-refractivity contribution in [2.45, 2.75) is 51.2 Å². The lowest BCUT2D eigenvalue weighted by Crippen LogP contribution is -2.44. The lowest BCUT2D eigenvalue weighted by Gasteiger charge is -2.38. The van der Waals surface area contributed by atoms with Gasteiger partial charge in [0.25, 0.3) is 5.91 Å². The second-order valence-electron chi connectivity index (χ2n) is 8.85. The highest BCUT2D eigenvalue weighted by molar-refractivity contribution is 5.94. The summed E-state index contributed by atoms with van der Waals surface area (Å²) in [5.74, 6) is 0.159. The van der Waals surface area contributed by atoms with Gasteiger partial charge in [-0.05, 0) is 63.1 Å². The molecule has 1 aromatic carbocycles. The number of aliphatic hydroxyl groups is 1. The maximum atomic E-state index is 12.8. The van der Waals surface area contributed by atoms with Crippen LogP contribution in [0.1, 0.15) is 48.0 Å². The summed E-state index contributed by atoms with van der Waals surface area (Å²) in [6.45, 7) is 7.29.